The molecule has 0 saturated carbocycles. The van der Waals surface area contributed by atoms with Gasteiger partial charge in [-0.05, 0) is 35.9 Å². The molecule has 0 bridgehead atoms. The molecular formula is C24H21F2N3O5S. The minimum Gasteiger partial charge on any atom is -0.495 e. The molecule has 0 aliphatic carbocycles. The topological polar surface area (TPSA) is 110 Å². The number of methoxy groups -OCH3 is 1. The Bertz CT molecular complexity index is 1430. The Labute approximate surface area is 200 Å². The summed E-state index contributed by atoms with van der Waals surface area (Å²) < 4.78 is 66.3. The molecule has 4 aromatic rings. The van der Waals surface area contributed by atoms with E-state index in [1.807, 2.05) is 30.3 Å². The molecule has 3 N–H and O–H groups in total. The highest BCUT2D eigenvalue weighted by Crippen LogP contribution is 2.32. The number of carbonyl (C=O) groups excluding carboxylic acids is 1. The molecule has 1 heterocycles. The van der Waals surface area contributed by atoms with Crippen LogP contribution in [0.4, 0.5) is 19.3 Å². The van der Waals surface area contributed by atoms with E-state index in [1.165, 1.54) is 19.2 Å². The number of nitrogens with one attached hydrogen (secondary N) is 3. The van der Waals surface area contributed by atoms with E-state index < -0.39 is 27.9 Å². The van der Waals surface area contributed by atoms with E-state index in [0.29, 0.717) is 28.6 Å². The molecule has 182 valence electrons. The Morgan fingerprint density at radius 1 is 1.00 bits per heavy atom. The van der Waals surface area contributed by atoms with Gasteiger partial charge in [-0.3, -0.25) is 4.72 Å². The van der Waals surface area contributed by atoms with E-state index in [9.17, 15) is 22.0 Å². The molecule has 0 radical (unpaired) electrons. The fraction of sp³-hybridized carbons (Fsp3) is 0.125. The summed E-state index contributed by atoms with van der Waals surface area (Å²) in [6.07, 6.45) is -0.709. The third-order valence-electron chi connectivity index (χ3n) is 5.10. The highest BCUT2D eigenvalue weighted by atomic mass is 32.2. The summed E-state index contributed by atoms with van der Waals surface area (Å²) in [4.78, 5) is 14.9. The lowest BCUT2D eigenvalue weighted by molar-refractivity contribution is 0.154. The van der Waals surface area contributed by atoms with Gasteiger partial charge in [-0.15, -0.1) is 0 Å². The van der Waals surface area contributed by atoms with E-state index in [0.717, 1.165) is 17.7 Å². The minimum absolute atomic E-state index is 0.00819. The monoisotopic (exact) mass is 501 g/mol. The summed E-state index contributed by atoms with van der Waals surface area (Å²) in [5.41, 5.74) is 2.33. The normalized spacial score (nSPS) is 11.3. The number of fused-ring (bicyclic) bond motifs is 1. The molecule has 8 nitrogen and oxygen atoms in total. The Balaban J connectivity index is 1.47. The zero-order chi connectivity index (χ0) is 25.0. The number of hydrogen-bond acceptors (Lipinski definition) is 5. The molecule has 0 spiro atoms. The second-order valence-corrected chi connectivity index (χ2v) is 8.95. The van der Waals surface area contributed by atoms with Gasteiger partial charge in [-0.1, -0.05) is 30.3 Å². The number of amides is 1. The highest BCUT2D eigenvalue weighted by Gasteiger charge is 2.19. The van der Waals surface area contributed by atoms with E-state index in [1.54, 1.807) is 16.9 Å². The van der Waals surface area contributed by atoms with Crippen LogP contribution in [0.5, 0.6) is 5.75 Å². The maximum atomic E-state index is 13.6. The number of benzene rings is 3. The predicted octanol–water partition coefficient (Wildman–Crippen LogP) is 4.75. The summed E-state index contributed by atoms with van der Waals surface area (Å²) in [5, 5.41) is 0.441. The SMILES string of the molecule is COc1ccc(-c2cc3cc(F)c(F)cc3[nH]2)cc1NS(=O)(=O)NC(=O)OCCc1ccccc1. The van der Waals surface area contributed by atoms with Crippen molar-refractivity contribution in [2.45, 2.75) is 6.42 Å². The number of rotatable bonds is 8. The van der Waals surface area contributed by atoms with Gasteiger partial charge in [0, 0.05) is 34.6 Å². The van der Waals surface area contributed by atoms with E-state index in [4.69, 9.17) is 9.47 Å². The standard InChI is InChI=1S/C24H21F2N3O5S/c1-33-23-8-7-16(20-13-17-11-18(25)19(26)14-21(17)27-20)12-22(23)28-35(31,32)29-24(30)34-10-9-15-5-3-2-4-6-15/h2-8,11-14,27-28H,9-10H2,1H3,(H,29,30). The fourth-order valence-corrected chi connectivity index (χ4v) is 4.23. The van der Waals surface area contributed by atoms with Crippen LogP contribution in [0.2, 0.25) is 0 Å². The zero-order valence-electron chi connectivity index (χ0n) is 18.5. The van der Waals surface area contributed by atoms with Crippen molar-refractivity contribution >= 4 is 32.9 Å². The third-order valence-corrected chi connectivity index (χ3v) is 6.02. The first-order valence-electron chi connectivity index (χ1n) is 10.4. The van der Waals surface area contributed by atoms with Gasteiger partial charge in [-0.2, -0.15) is 8.42 Å². The van der Waals surface area contributed by atoms with Gasteiger partial charge in [0.05, 0.1) is 19.4 Å². The second kappa shape index (κ2) is 10.0. The van der Waals surface area contributed by atoms with Crippen molar-refractivity contribution in [3.63, 3.8) is 0 Å². The van der Waals surface area contributed by atoms with Crippen molar-refractivity contribution in [3.8, 4) is 17.0 Å². The third kappa shape index (κ3) is 5.87. The summed E-state index contributed by atoms with van der Waals surface area (Å²) >= 11 is 0. The van der Waals surface area contributed by atoms with Crippen LogP contribution >= 0.6 is 0 Å². The lowest BCUT2D eigenvalue weighted by Gasteiger charge is -2.14. The predicted molar refractivity (Wildman–Crippen MR) is 127 cm³/mol. The zero-order valence-corrected chi connectivity index (χ0v) is 19.3. The lowest BCUT2D eigenvalue weighted by Crippen LogP contribution is -2.36. The summed E-state index contributed by atoms with van der Waals surface area (Å²) in [6, 6.07) is 17.6. The van der Waals surface area contributed by atoms with Crippen molar-refractivity contribution in [1.82, 2.24) is 9.71 Å². The van der Waals surface area contributed by atoms with Crippen LogP contribution in [0.1, 0.15) is 5.56 Å². The highest BCUT2D eigenvalue weighted by molar-refractivity contribution is 7.91. The van der Waals surface area contributed by atoms with Gasteiger partial charge in [0.1, 0.15) is 5.75 Å². The van der Waals surface area contributed by atoms with Gasteiger partial charge in [0.25, 0.3) is 0 Å². The maximum Gasteiger partial charge on any atom is 0.422 e. The molecular weight excluding hydrogens is 480 g/mol. The quantitative estimate of drug-likeness (QED) is 0.323. The maximum absolute atomic E-state index is 13.6. The fourth-order valence-electron chi connectivity index (χ4n) is 3.45. The van der Waals surface area contributed by atoms with Crippen LogP contribution in [0.15, 0.2) is 66.7 Å². The van der Waals surface area contributed by atoms with Crippen LogP contribution in [0.25, 0.3) is 22.2 Å². The smallest absolute Gasteiger partial charge is 0.422 e. The van der Waals surface area contributed by atoms with Crippen molar-refractivity contribution in [2.75, 3.05) is 18.4 Å². The molecule has 3 aromatic carbocycles. The Hall–Kier alpha value is -4.12. The molecule has 0 unspecified atom stereocenters. The number of H-pyrrole nitrogens is 1. The number of hydrogen-bond donors (Lipinski definition) is 3. The summed E-state index contributed by atoms with van der Waals surface area (Å²) in [5.74, 6) is -1.78. The van der Waals surface area contributed by atoms with Crippen LogP contribution in [-0.2, 0) is 21.4 Å². The van der Waals surface area contributed by atoms with Gasteiger partial charge >= 0.3 is 16.3 Å². The van der Waals surface area contributed by atoms with Crippen molar-refractivity contribution in [2.24, 2.45) is 0 Å². The minimum atomic E-state index is -4.36. The van der Waals surface area contributed by atoms with E-state index in [2.05, 4.69) is 9.71 Å². The van der Waals surface area contributed by atoms with Gasteiger partial charge in [-0.25, -0.2) is 18.3 Å². The molecule has 4 rings (SSSR count). The number of halogens is 2. The number of carbonyl (C=O) groups is 1. The summed E-state index contributed by atoms with van der Waals surface area (Å²) in [6.45, 7) is -0.00819. The lowest BCUT2D eigenvalue weighted by atomic mass is 10.1. The van der Waals surface area contributed by atoms with Crippen LogP contribution in [-0.4, -0.2) is 33.2 Å². The van der Waals surface area contributed by atoms with Gasteiger partial charge in [0.15, 0.2) is 11.6 Å². The molecule has 0 fully saturated rings. The van der Waals surface area contributed by atoms with Gasteiger partial charge < -0.3 is 14.5 Å². The second-order valence-electron chi connectivity index (χ2n) is 7.53. The molecule has 11 heteroatoms. The average molecular weight is 502 g/mol. The first-order chi connectivity index (χ1) is 16.7. The Morgan fingerprint density at radius 2 is 1.74 bits per heavy atom. The molecule has 35 heavy (non-hydrogen) atoms. The molecule has 0 aliphatic rings. The number of aromatic nitrogens is 1. The average Bonchev–Trinajstić information content (AvgIpc) is 3.22. The van der Waals surface area contributed by atoms with Crippen LogP contribution in [0.3, 0.4) is 0 Å². The van der Waals surface area contributed by atoms with Crippen molar-refractivity contribution in [1.29, 1.82) is 0 Å². The largest absolute Gasteiger partial charge is 0.495 e. The van der Waals surface area contributed by atoms with Crippen molar-refractivity contribution in [3.05, 3.63) is 83.9 Å². The molecule has 1 aromatic heterocycles. The first-order valence-corrected chi connectivity index (χ1v) is 11.9. The summed E-state index contributed by atoms with van der Waals surface area (Å²) in [7, 11) is -3.01. The Kier molecular flexibility index (Phi) is 6.87. The number of ether oxygens (including phenoxy) is 2. The van der Waals surface area contributed by atoms with E-state index >= 15 is 0 Å². The molecule has 0 aliphatic heterocycles. The molecule has 0 atom stereocenters. The Morgan fingerprint density at radius 3 is 2.49 bits per heavy atom. The van der Waals surface area contributed by atoms with E-state index in [-0.39, 0.29) is 18.0 Å². The number of aromatic amines is 1. The number of anilines is 1. The first kappa shape index (κ1) is 24.0. The van der Waals surface area contributed by atoms with Gasteiger partial charge in [0.2, 0.25) is 0 Å². The van der Waals surface area contributed by atoms with Crippen LogP contribution in [0, 0.1) is 11.6 Å². The molecule has 1 amide bonds. The molecule has 0 saturated heterocycles. The van der Waals surface area contributed by atoms with Crippen LogP contribution < -0.4 is 14.2 Å². The van der Waals surface area contributed by atoms with Crippen molar-refractivity contribution < 1.29 is 31.5 Å².